The molecule has 0 aromatic heterocycles. The van der Waals surface area contributed by atoms with Crippen LogP contribution in [0.2, 0.25) is 0 Å². The molecule has 0 aromatic carbocycles. The van der Waals surface area contributed by atoms with Crippen molar-refractivity contribution in [3.63, 3.8) is 0 Å². The van der Waals surface area contributed by atoms with Crippen molar-refractivity contribution in [2.24, 2.45) is 0 Å². The molecule has 0 aliphatic carbocycles. The first kappa shape index (κ1) is 13.2. The maximum atomic E-state index is 10.6. The van der Waals surface area contributed by atoms with Gasteiger partial charge < -0.3 is 10.2 Å². The summed E-state index contributed by atoms with van der Waals surface area (Å²) < 4.78 is 52.7. The highest BCUT2D eigenvalue weighted by Crippen LogP contribution is 1.98. The summed E-state index contributed by atoms with van der Waals surface area (Å²) in [5.41, 5.74) is 0. The van der Waals surface area contributed by atoms with Crippen molar-refractivity contribution in [1.82, 2.24) is 0 Å². The standard InChI is InChI=1S/C2H3F3O.C2H4F2O/c3-1(4)2(5)6;3-2(4)1-5/h1-2,6H;2,5H,1H2. The first-order valence-electron chi connectivity index (χ1n) is 2.41. The Balaban J connectivity index is 0. The van der Waals surface area contributed by atoms with E-state index in [1.807, 2.05) is 0 Å². The van der Waals surface area contributed by atoms with Crippen LogP contribution in [0.5, 0.6) is 0 Å². The zero-order valence-electron chi connectivity index (χ0n) is 5.22. The lowest BCUT2D eigenvalue weighted by Crippen LogP contribution is -2.08. The van der Waals surface area contributed by atoms with Crippen molar-refractivity contribution in [3.8, 4) is 0 Å². The summed E-state index contributed by atoms with van der Waals surface area (Å²) in [6.07, 6.45) is -8.80. The number of aliphatic hydroxyl groups excluding tert-OH is 2. The minimum absolute atomic E-state index is 1.03. The summed E-state index contributed by atoms with van der Waals surface area (Å²) in [7, 11) is 0. The molecule has 11 heavy (non-hydrogen) atoms. The van der Waals surface area contributed by atoms with Crippen molar-refractivity contribution in [2.45, 2.75) is 19.2 Å². The van der Waals surface area contributed by atoms with Crippen molar-refractivity contribution < 1.29 is 32.2 Å². The van der Waals surface area contributed by atoms with Crippen LogP contribution in [0.1, 0.15) is 0 Å². The number of hydrogen-bond donors (Lipinski definition) is 2. The SMILES string of the molecule is OC(F)C(F)F.OCC(F)F. The van der Waals surface area contributed by atoms with Crippen LogP contribution in [0.25, 0.3) is 0 Å². The van der Waals surface area contributed by atoms with Gasteiger partial charge in [-0.05, 0) is 0 Å². The van der Waals surface area contributed by atoms with E-state index in [0.717, 1.165) is 0 Å². The Morgan fingerprint density at radius 3 is 1.18 bits per heavy atom. The lowest BCUT2D eigenvalue weighted by molar-refractivity contribution is -0.0843. The third-order valence-electron chi connectivity index (χ3n) is 0.346. The van der Waals surface area contributed by atoms with Gasteiger partial charge in [-0.15, -0.1) is 0 Å². The van der Waals surface area contributed by atoms with Gasteiger partial charge in [0.05, 0.1) is 0 Å². The van der Waals surface area contributed by atoms with Gasteiger partial charge in [0.15, 0.2) is 0 Å². The number of alkyl halides is 5. The first-order valence-corrected chi connectivity index (χ1v) is 2.41. The number of halogens is 5. The van der Waals surface area contributed by atoms with Crippen LogP contribution in [-0.2, 0) is 0 Å². The van der Waals surface area contributed by atoms with E-state index in [2.05, 4.69) is 0 Å². The average molecular weight is 182 g/mol. The van der Waals surface area contributed by atoms with E-state index in [1.54, 1.807) is 0 Å². The first-order chi connectivity index (χ1) is 4.91. The Bertz CT molecular complexity index is 70.9. The molecule has 0 spiro atoms. The fourth-order valence-corrected chi connectivity index (χ4v) is 0. The molecule has 0 heterocycles. The smallest absolute Gasteiger partial charge is 0.293 e. The van der Waals surface area contributed by atoms with Gasteiger partial charge in [-0.25, -0.2) is 22.0 Å². The van der Waals surface area contributed by atoms with Gasteiger partial charge in [0.2, 0.25) is 0 Å². The summed E-state index contributed by atoms with van der Waals surface area (Å²) in [5.74, 6) is 0. The molecule has 0 rings (SSSR count). The molecule has 1 atom stereocenters. The maximum absolute atomic E-state index is 10.6. The largest absolute Gasteiger partial charge is 0.390 e. The van der Waals surface area contributed by atoms with Crippen LogP contribution in [0.4, 0.5) is 22.0 Å². The minimum Gasteiger partial charge on any atom is -0.390 e. The monoisotopic (exact) mass is 182 g/mol. The molecule has 0 aliphatic rings. The third-order valence-corrected chi connectivity index (χ3v) is 0.346. The molecular weight excluding hydrogens is 175 g/mol. The summed E-state index contributed by atoms with van der Waals surface area (Å²) >= 11 is 0. The maximum Gasteiger partial charge on any atom is 0.293 e. The molecule has 0 fully saturated rings. The third kappa shape index (κ3) is 17.7. The topological polar surface area (TPSA) is 40.5 Å². The van der Waals surface area contributed by atoms with Crippen molar-refractivity contribution in [3.05, 3.63) is 0 Å². The zero-order valence-corrected chi connectivity index (χ0v) is 5.22. The van der Waals surface area contributed by atoms with Gasteiger partial charge in [0.1, 0.15) is 6.61 Å². The van der Waals surface area contributed by atoms with E-state index in [0.29, 0.717) is 0 Å². The fourth-order valence-electron chi connectivity index (χ4n) is 0. The molecule has 0 aliphatic heterocycles. The summed E-state index contributed by atoms with van der Waals surface area (Å²) in [4.78, 5) is 0. The fraction of sp³-hybridized carbons (Fsp3) is 1.00. The molecule has 70 valence electrons. The predicted molar refractivity (Wildman–Crippen MR) is 26.2 cm³/mol. The van der Waals surface area contributed by atoms with Gasteiger partial charge in [0.25, 0.3) is 19.2 Å². The lowest BCUT2D eigenvalue weighted by atomic mass is 10.7. The second-order valence-corrected chi connectivity index (χ2v) is 1.28. The predicted octanol–water partition coefficient (Wildman–Crippen LogP) is 0.783. The van der Waals surface area contributed by atoms with Crippen molar-refractivity contribution >= 4 is 0 Å². The molecule has 2 nitrogen and oxygen atoms in total. The highest BCUT2D eigenvalue weighted by atomic mass is 19.3. The minimum atomic E-state index is -3.26. The van der Waals surface area contributed by atoms with Crippen LogP contribution < -0.4 is 0 Å². The normalized spacial score (nSPS) is 12.8. The Morgan fingerprint density at radius 2 is 1.18 bits per heavy atom. The summed E-state index contributed by atoms with van der Waals surface area (Å²) in [6, 6.07) is 0. The van der Waals surface area contributed by atoms with Gasteiger partial charge in [-0.2, -0.15) is 0 Å². The lowest BCUT2D eigenvalue weighted by Gasteiger charge is -1.92. The van der Waals surface area contributed by atoms with Crippen LogP contribution in [0.15, 0.2) is 0 Å². The number of hydrogen-bond acceptors (Lipinski definition) is 2. The molecule has 0 aromatic rings. The molecule has 1 unspecified atom stereocenters. The van der Waals surface area contributed by atoms with E-state index in [-0.39, 0.29) is 0 Å². The van der Waals surface area contributed by atoms with Crippen LogP contribution in [0.3, 0.4) is 0 Å². The average Bonchev–Trinajstić information content (AvgIpc) is 1.89. The number of aliphatic hydroxyl groups is 2. The van der Waals surface area contributed by atoms with Crippen LogP contribution in [0, 0.1) is 0 Å². The molecule has 0 radical (unpaired) electrons. The Morgan fingerprint density at radius 1 is 1.00 bits per heavy atom. The molecular formula is C4H7F5O2. The number of rotatable bonds is 2. The molecule has 0 saturated heterocycles. The summed E-state index contributed by atoms with van der Waals surface area (Å²) in [6.45, 7) is -1.03. The molecule has 7 heteroatoms. The van der Waals surface area contributed by atoms with Gasteiger partial charge in [0, 0.05) is 0 Å². The second-order valence-electron chi connectivity index (χ2n) is 1.28. The Labute approximate surface area is 59.3 Å². The second kappa shape index (κ2) is 7.67. The quantitative estimate of drug-likeness (QED) is 0.619. The molecule has 0 saturated carbocycles. The Kier molecular flexibility index (Phi) is 9.20. The van der Waals surface area contributed by atoms with E-state index < -0.39 is 25.8 Å². The van der Waals surface area contributed by atoms with Crippen molar-refractivity contribution in [2.75, 3.05) is 6.61 Å². The molecule has 2 N–H and O–H groups in total. The van der Waals surface area contributed by atoms with E-state index in [4.69, 9.17) is 10.2 Å². The molecule has 0 bridgehead atoms. The van der Waals surface area contributed by atoms with E-state index in [1.165, 1.54) is 0 Å². The highest BCUT2D eigenvalue weighted by Gasteiger charge is 2.12. The highest BCUT2D eigenvalue weighted by molar-refractivity contribution is 4.34. The summed E-state index contributed by atoms with van der Waals surface area (Å²) in [5, 5.41) is 14.6. The van der Waals surface area contributed by atoms with Crippen molar-refractivity contribution in [1.29, 1.82) is 0 Å². The Hall–Kier alpha value is -0.430. The van der Waals surface area contributed by atoms with Crippen LogP contribution >= 0.6 is 0 Å². The zero-order chi connectivity index (χ0) is 9.44. The molecule has 0 amide bonds. The van der Waals surface area contributed by atoms with Gasteiger partial charge in [-0.1, -0.05) is 0 Å². The van der Waals surface area contributed by atoms with Gasteiger partial charge in [-0.3, -0.25) is 0 Å². The van der Waals surface area contributed by atoms with E-state index in [9.17, 15) is 22.0 Å². The van der Waals surface area contributed by atoms with Crippen LogP contribution in [-0.4, -0.2) is 36.0 Å². The van der Waals surface area contributed by atoms with Gasteiger partial charge >= 0.3 is 0 Å². The van der Waals surface area contributed by atoms with E-state index >= 15 is 0 Å².